The molecule has 26 heavy (non-hydrogen) atoms. The normalized spacial score (nSPS) is 16.3. The van der Waals surface area contributed by atoms with Crippen molar-refractivity contribution in [2.45, 2.75) is 31.9 Å². The number of nitrogens with one attached hydrogen (secondary N) is 2. The Bertz CT molecular complexity index is 847. The first-order valence-corrected chi connectivity index (χ1v) is 9.07. The number of piperidine rings is 1. The van der Waals surface area contributed by atoms with Gasteiger partial charge in [-0.25, -0.2) is 4.39 Å². The molecule has 1 saturated heterocycles. The zero-order chi connectivity index (χ0) is 18.7. The maximum absolute atomic E-state index is 13.9. The zero-order valence-corrected chi connectivity index (χ0v) is 15.4. The molecule has 1 fully saturated rings. The lowest BCUT2D eigenvalue weighted by Gasteiger charge is -2.34. The van der Waals surface area contributed by atoms with Gasteiger partial charge >= 0.3 is 0 Å². The molecule has 0 aliphatic carbocycles. The van der Waals surface area contributed by atoms with Gasteiger partial charge < -0.3 is 20.3 Å². The topological polar surface area (TPSA) is 68.4 Å². The number of amides is 1. The van der Waals surface area contributed by atoms with Crippen LogP contribution in [0.25, 0.3) is 0 Å². The summed E-state index contributed by atoms with van der Waals surface area (Å²) in [7, 11) is 0. The Balaban J connectivity index is 1.83. The molecule has 0 spiro atoms. The van der Waals surface area contributed by atoms with Crippen molar-refractivity contribution in [2.75, 3.05) is 18.0 Å². The number of rotatable bonds is 4. The number of H-pyrrole nitrogens is 1. The number of hydrogen-bond donors (Lipinski definition) is 3. The van der Waals surface area contributed by atoms with E-state index in [1.807, 2.05) is 6.92 Å². The SMILES string of the molecule is CC(NC(=O)c1ccc[nH]c1=S)c1cc(F)ccc1N1CCC(O)CC1. The van der Waals surface area contributed by atoms with E-state index in [-0.39, 0.29) is 17.8 Å². The summed E-state index contributed by atoms with van der Waals surface area (Å²) in [6, 6.07) is 7.58. The van der Waals surface area contributed by atoms with Crippen LogP contribution in [0.1, 0.15) is 41.7 Å². The van der Waals surface area contributed by atoms with Crippen LogP contribution < -0.4 is 10.2 Å². The van der Waals surface area contributed by atoms with E-state index in [1.165, 1.54) is 12.1 Å². The second-order valence-electron chi connectivity index (χ2n) is 6.53. The van der Waals surface area contributed by atoms with Crippen LogP contribution in [-0.2, 0) is 0 Å². The molecule has 2 heterocycles. The first-order valence-electron chi connectivity index (χ1n) is 8.66. The van der Waals surface area contributed by atoms with Gasteiger partial charge in [0, 0.05) is 30.5 Å². The van der Waals surface area contributed by atoms with Gasteiger partial charge in [0.2, 0.25) is 0 Å². The second kappa shape index (κ2) is 7.97. The van der Waals surface area contributed by atoms with E-state index in [0.29, 0.717) is 41.7 Å². The third-order valence-electron chi connectivity index (χ3n) is 4.67. The first kappa shape index (κ1) is 18.5. The number of anilines is 1. The van der Waals surface area contributed by atoms with Gasteiger partial charge in [-0.15, -0.1) is 0 Å². The fraction of sp³-hybridized carbons (Fsp3) is 0.368. The second-order valence-corrected chi connectivity index (χ2v) is 6.94. The van der Waals surface area contributed by atoms with Gasteiger partial charge in [0.25, 0.3) is 5.91 Å². The summed E-state index contributed by atoms with van der Waals surface area (Å²) in [5.41, 5.74) is 1.97. The molecule has 0 bridgehead atoms. The van der Waals surface area contributed by atoms with Crippen LogP contribution in [0, 0.1) is 10.5 Å². The molecule has 138 valence electrons. The molecule has 3 N–H and O–H groups in total. The number of halogens is 1. The average Bonchev–Trinajstić information content (AvgIpc) is 2.62. The van der Waals surface area contributed by atoms with Crippen molar-refractivity contribution >= 4 is 23.8 Å². The molecule has 1 unspecified atom stereocenters. The van der Waals surface area contributed by atoms with Crippen molar-refractivity contribution in [2.24, 2.45) is 0 Å². The minimum atomic E-state index is -0.394. The van der Waals surface area contributed by atoms with E-state index in [9.17, 15) is 14.3 Å². The first-order chi connectivity index (χ1) is 12.5. The number of aromatic amines is 1. The van der Waals surface area contributed by atoms with Crippen molar-refractivity contribution in [1.82, 2.24) is 10.3 Å². The smallest absolute Gasteiger partial charge is 0.254 e. The Morgan fingerprint density at radius 1 is 1.38 bits per heavy atom. The van der Waals surface area contributed by atoms with Crippen LogP contribution in [0.4, 0.5) is 10.1 Å². The van der Waals surface area contributed by atoms with Gasteiger partial charge in [-0.3, -0.25) is 4.79 Å². The van der Waals surface area contributed by atoms with E-state index < -0.39 is 6.04 Å². The molecule has 1 amide bonds. The lowest BCUT2D eigenvalue weighted by molar-refractivity contribution is 0.0939. The lowest BCUT2D eigenvalue weighted by atomic mass is 10.0. The molecule has 1 aromatic carbocycles. The summed E-state index contributed by atoms with van der Waals surface area (Å²) in [5.74, 6) is -0.650. The van der Waals surface area contributed by atoms with Crippen molar-refractivity contribution < 1.29 is 14.3 Å². The summed E-state index contributed by atoms with van der Waals surface area (Å²) >= 11 is 5.15. The predicted octanol–water partition coefficient (Wildman–Crippen LogP) is 3.34. The summed E-state index contributed by atoms with van der Waals surface area (Å²) in [4.78, 5) is 17.5. The van der Waals surface area contributed by atoms with Crippen molar-refractivity contribution in [3.8, 4) is 0 Å². The minimum Gasteiger partial charge on any atom is -0.393 e. The zero-order valence-electron chi connectivity index (χ0n) is 14.5. The van der Waals surface area contributed by atoms with E-state index in [4.69, 9.17) is 12.2 Å². The van der Waals surface area contributed by atoms with Gasteiger partial charge in [-0.1, -0.05) is 12.2 Å². The van der Waals surface area contributed by atoms with E-state index in [2.05, 4.69) is 15.2 Å². The number of aliphatic hydroxyl groups excluding tert-OH is 1. The van der Waals surface area contributed by atoms with Gasteiger partial charge in [0.1, 0.15) is 10.5 Å². The number of hydrogen-bond acceptors (Lipinski definition) is 4. The van der Waals surface area contributed by atoms with Crippen molar-refractivity contribution in [3.05, 3.63) is 58.1 Å². The Hall–Kier alpha value is -2.25. The molecular weight excluding hydrogens is 353 g/mol. The number of benzene rings is 1. The molecule has 7 heteroatoms. The highest BCUT2D eigenvalue weighted by atomic mass is 32.1. The monoisotopic (exact) mass is 375 g/mol. The number of aromatic nitrogens is 1. The number of pyridine rings is 1. The quantitative estimate of drug-likeness (QED) is 0.717. The summed E-state index contributed by atoms with van der Waals surface area (Å²) in [6.07, 6.45) is 2.73. The molecule has 5 nitrogen and oxygen atoms in total. The summed E-state index contributed by atoms with van der Waals surface area (Å²) < 4.78 is 14.2. The summed E-state index contributed by atoms with van der Waals surface area (Å²) in [5, 5.41) is 12.6. The van der Waals surface area contributed by atoms with Crippen molar-refractivity contribution in [1.29, 1.82) is 0 Å². The van der Waals surface area contributed by atoms with Crippen LogP contribution >= 0.6 is 12.2 Å². The molecule has 0 saturated carbocycles. The molecule has 2 aromatic rings. The maximum atomic E-state index is 13.9. The number of nitrogens with zero attached hydrogens (tertiary/aromatic N) is 1. The molecular formula is C19H22FN3O2S. The minimum absolute atomic E-state index is 0.285. The van der Waals surface area contributed by atoms with Crippen LogP contribution in [-0.4, -0.2) is 35.2 Å². The Morgan fingerprint density at radius 3 is 2.81 bits per heavy atom. The number of aliphatic hydroxyl groups is 1. The molecule has 1 aliphatic rings. The standard InChI is InChI=1S/C19H22FN3O2S/c1-12(22-18(25)15-3-2-8-21-19(15)26)16-11-13(20)4-5-17(16)23-9-6-14(24)7-10-23/h2-5,8,11-12,14,24H,6-7,9-10H2,1H3,(H,21,26)(H,22,25). The Kier molecular flexibility index (Phi) is 5.68. The van der Waals surface area contributed by atoms with Gasteiger partial charge in [0.15, 0.2) is 0 Å². The fourth-order valence-electron chi connectivity index (χ4n) is 3.22. The highest BCUT2D eigenvalue weighted by Crippen LogP contribution is 2.30. The van der Waals surface area contributed by atoms with Crippen LogP contribution in [0.3, 0.4) is 0 Å². The molecule has 1 atom stereocenters. The third kappa shape index (κ3) is 4.11. The van der Waals surface area contributed by atoms with Crippen molar-refractivity contribution in [3.63, 3.8) is 0 Å². The highest BCUT2D eigenvalue weighted by Gasteiger charge is 2.23. The maximum Gasteiger partial charge on any atom is 0.254 e. The van der Waals surface area contributed by atoms with E-state index >= 15 is 0 Å². The van der Waals surface area contributed by atoms with Crippen LogP contribution in [0.15, 0.2) is 36.5 Å². The number of carbonyl (C=O) groups excluding carboxylic acids is 1. The highest BCUT2D eigenvalue weighted by molar-refractivity contribution is 7.71. The van der Waals surface area contributed by atoms with Crippen LogP contribution in [0.2, 0.25) is 0 Å². The summed E-state index contributed by atoms with van der Waals surface area (Å²) in [6.45, 7) is 3.22. The molecule has 1 aromatic heterocycles. The average molecular weight is 375 g/mol. The lowest BCUT2D eigenvalue weighted by Crippen LogP contribution is -2.37. The fourth-order valence-corrected chi connectivity index (χ4v) is 3.45. The van der Waals surface area contributed by atoms with Gasteiger partial charge in [-0.2, -0.15) is 0 Å². The van der Waals surface area contributed by atoms with Gasteiger partial charge in [-0.05, 0) is 50.1 Å². The Labute approximate surface area is 156 Å². The van der Waals surface area contributed by atoms with E-state index in [0.717, 1.165) is 5.69 Å². The van der Waals surface area contributed by atoms with Gasteiger partial charge in [0.05, 0.1) is 17.7 Å². The molecule has 0 radical (unpaired) electrons. The predicted molar refractivity (Wildman–Crippen MR) is 101 cm³/mol. The molecule has 1 aliphatic heterocycles. The van der Waals surface area contributed by atoms with Crippen LogP contribution in [0.5, 0.6) is 0 Å². The molecule has 3 rings (SSSR count). The largest absolute Gasteiger partial charge is 0.393 e. The Morgan fingerprint density at radius 2 is 2.12 bits per heavy atom. The third-order valence-corrected chi connectivity index (χ3v) is 5.01. The number of carbonyl (C=O) groups is 1. The van der Waals surface area contributed by atoms with E-state index in [1.54, 1.807) is 24.4 Å².